The first-order valence-corrected chi connectivity index (χ1v) is 7.29. The van der Waals surface area contributed by atoms with Crippen LogP contribution >= 0.6 is 0 Å². The first-order chi connectivity index (χ1) is 10.1. The smallest absolute Gasteiger partial charge is 0.248 e. The van der Waals surface area contributed by atoms with Crippen molar-refractivity contribution in [3.05, 3.63) is 29.8 Å². The van der Waals surface area contributed by atoms with Crippen LogP contribution in [0.1, 0.15) is 37.7 Å². The second-order valence-corrected chi connectivity index (χ2v) is 5.83. The highest BCUT2D eigenvalue weighted by Crippen LogP contribution is 2.33. The molecule has 0 unspecified atom stereocenters. The lowest BCUT2D eigenvalue weighted by Crippen LogP contribution is -2.55. The van der Waals surface area contributed by atoms with Gasteiger partial charge in [-0.2, -0.15) is 0 Å². The molecule has 1 saturated heterocycles. The number of aromatic nitrogens is 1. The van der Waals surface area contributed by atoms with Crippen molar-refractivity contribution < 1.29 is 14.0 Å². The molecule has 3 rings (SSSR count). The SMILES string of the molecule is O=C1CCN(Cc2cncc(F)c2)C(=O)C2(CCCC2)N1. The summed E-state index contributed by atoms with van der Waals surface area (Å²) in [6.07, 6.45) is 6.25. The van der Waals surface area contributed by atoms with Crippen molar-refractivity contribution in [2.24, 2.45) is 0 Å². The summed E-state index contributed by atoms with van der Waals surface area (Å²) in [5.41, 5.74) is -0.0974. The van der Waals surface area contributed by atoms with Crippen LogP contribution in [0.3, 0.4) is 0 Å². The van der Waals surface area contributed by atoms with Crippen LogP contribution in [0.25, 0.3) is 0 Å². The molecule has 1 saturated carbocycles. The predicted octanol–water partition coefficient (Wildman–Crippen LogP) is 1.38. The maximum atomic E-state index is 13.2. The average Bonchev–Trinajstić information content (AvgIpc) is 2.88. The summed E-state index contributed by atoms with van der Waals surface area (Å²) in [6.45, 7) is 0.656. The maximum Gasteiger partial charge on any atom is 0.248 e. The highest BCUT2D eigenvalue weighted by molar-refractivity contribution is 5.93. The molecule has 0 aromatic carbocycles. The van der Waals surface area contributed by atoms with Gasteiger partial charge in [0, 0.05) is 25.7 Å². The normalized spacial score (nSPS) is 21.5. The minimum atomic E-state index is -0.742. The summed E-state index contributed by atoms with van der Waals surface area (Å²) < 4.78 is 13.2. The number of carbonyl (C=O) groups is 2. The Hall–Kier alpha value is -1.98. The van der Waals surface area contributed by atoms with Gasteiger partial charge in [0.1, 0.15) is 11.4 Å². The van der Waals surface area contributed by atoms with E-state index in [-0.39, 0.29) is 18.2 Å². The molecule has 0 atom stereocenters. The van der Waals surface area contributed by atoms with Crippen molar-refractivity contribution in [1.29, 1.82) is 0 Å². The van der Waals surface area contributed by atoms with E-state index in [0.717, 1.165) is 19.0 Å². The Morgan fingerprint density at radius 2 is 2.05 bits per heavy atom. The van der Waals surface area contributed by atoms with Crippen molar-refractivity contribution in [1.82, 2.24) is 15.2 Å². The molecule has 1 spiro atoms. The monoisotopic (exact) mass is 291 g/mol. The molecule has 0 bridgehead atoms. The third kappa shape index (κ3) is 2.75. The lowest BCUT2D eigenvalue weighted by molar-refractivity contribution is -0.139. The van der Waals surface area contributed by atoms with Crippen LogP contribution in [0, 0.1) is 5.82 Å². The lowest BCUT2D eigenvalue weighted by Gasteiger charge is -2.31. The molecule has 1 aromatic rings. The average molecular weight is 291 g/mol. The van der Waals surface area contributed by atoms with E-state index < -0.39 is 11.4 Å². The molecule has 1 aromatic heterocycles. The van der Waals surface area contributed by atoms with E-state index >= 15 is 0 Å². The van der Waals surface area contributed by atoms with Crippen molar-refractivity contribution in [3.63, 3.8) is 0 Å². The number of rotatable bonds is 2. The Labute approximate surface area is 122 Å². The third-order valence-electron chi connectivity index (χ3n) is 4.28. The molecule has 21 heavy (non-hydrogen) atoms. The molecular weight excluding hydrogens is 273 g/mol. The molecule has 1 aliphatic carbocycles. The van der Waals surface area contributed by atoms with Gasteiger partial charge in [-0.25, -0.2) is 4.39 Å². The minimum absolute atomic E-state index is 0.0462. The Kier molecular flexibility index (Phi) is 3.61. The number of carbonyl (C=O) groups excluding carboxylic acids is 2. The quantitative estimate of drug-likeness (QED) is 0.895. The third-order valence-corrected chi connectivity index (χ3v) is 4.28. The summed E-state index contributed by atoms with van der Waals surface area (Å²) in [6, 6.07) is 1.38. The molecule has 2 fully saturated rings. The standard InChI is InChI=1S/C15H18FN3O2/c16-12-7-11(8-17-9-12)10-19-6-3-13(20)18-15(14(19)21)4-1-2-5-15/h7-9H,1-6,10H2,(H,18,20). The van der Waals surface area contributed by atoms with Gasteiger partial charge in [-0.15, -0.1) is 0 Å². The van der Waals surface area contributed by atoms with Gasteiger partial charge in [-0.05, 0) is 24.5 Å². The van der Waals surface area contributed by atoms with Gasteiger partial charge in [-0.3, -0.25) is 14.6 Å². The van der Waals surface area contributed by atoms with Gasteiger partial charge in [0.15, 0.2) is 0 Å². The molecule has 2 heterocycles. The zero-order valence-corrected chi connectivity index (χ0v) is 11.8. The number of nitrogens with zero attached hydrogens (tertiary/aromatic N) is 2. The van der Waals surface area contributed by atoms with Gasteiger partial charge in [-0.1, -0.05) is 12.8 Å². The lowest BCUT2D eigenvalue weighted by atomic mass is 9.95. The zero-order chi connectivity index (χ0) is 14.9. The molecule has 1 N–H and O–H groups in total. The maximum absolute atomic E-state index is 13.2. The number of hydrogen-bond donors (Lipinski definition) is 1. The van der Waals surface area contributed by atoms with Crippen LogP contribution in [0.2, 0.25) is 0 Å². The van der Waals surface area contributed by atoms with Gasteiger partial charge in [0.05, 0.1) is 6.20 Å². The zero-order valence-electron chi connectivity index (χ0n) is 11.8. The number of amides is 2. The summed E-state index contributed by atoms with van der Waals surface area (Å²) in [7, 11) is 0. The second kappa shape index (κ2) is 5.42. The van der Waals surface area contributed by atoms with Crippen LogP contribution in [-0.4, -0.2) is 33.8 Å². The Morgan fingerprint density at radius 1 is 1.29 bits per heavy atom. The van der Waals surface area contributed by atoms with E-state index in [1.54, 1.807) is 11.1 Å². The predicted molar refractivity (Wildman–Crippen MR) is 73.6 cm³/mol. The van der Waals surface area contributed by atoms with Crippen molar-refractivity contribution >= 4 is 11.8 Å². The molecule has 2 aliphatic rings. The number of halogens is 1. The Morgan fingerprint density at radius 3 is 2.76 bits per heavy atom. The second-order valence-electron chi connectivity index (χ2n) is 5.83. The topological polar surface area (TPSA) is 62.3 Å². The van der Waals surface area contributed by atoms with E-state index in [2.05, 4.69) is 10.3 Å². The summed E-state index contributed by atoms with van der Waals surface area (Å²) in [5.74, 6) is -0.542. The van der Waals surface area contributed by atoms with Gasteiger partial charge in [0.2, 0.25) is 11.8 Å². The van der Waals surface area contributed by atoms with Gasteiger partial charge >= 0.3 is 0 Å². The van der Waals surface area contributed by atoms with Crippen LogP contribution < -0.4 is 5.32 Å². The van der Waals surface area contributed by atoms with Crippen LogP contribution in [-0.2, 0) is 16.1 Å². The number of pyridine rings is 1. The van der Waals surface area contributed by atoms with Gasteiger partial charge < -0.3 is 10.2 Å². The van der Waals surface area contributed by atoms with Crippen LogP contribution in [0.15, 0.2) is 18.5 Å². The van der Waals surface area contributed by atoms with Crippen LogP contribution in [0.4, 0.5) is 4.39 Å². The molecule has 0 radical (unpaired) electrons. The van der Waals surface area contributed by atoms with Crippen molar-refractivity contribution in [2.45, 2.75) is 44.2 Å². The highest BCUT2D eigenvalue weighted by Gasteiger charge is 2.46. The fourth-order valence-corrected chi connectivity index (χ4v) is 3.25. The fourth-order valence-electron chi connectivity index (χ4n) is 3.25. The fraction of sp³-hybridized carbons (Fsp3) is 0.533. The first-order valence-electron chi connectivity index (χ1n) is 7.29. The van der Waals surface area contributed by atoms with E-state index in [1.807, 2.05) is 0 Å². The largest absolute Gasteiger partial charge is 0.342 e. The summed E-state index contributed by atoms with van der Waals surface area (Å²) >= 11 is 0. The van der Waals surface area contributed by atoms with Crippen molar-refractivity contribution in [3.8, 4) is 0 Å². The molecular formula is C15H18FN3O2. The van der Waals surface area contributed by atoms with E-state index in [9.17, 15) is 14.0 Å². The highest BCUT2D eigenvalue weighted by atomic mass is 19.1. The van der Waals surface area contributed by atoms with E-state index in [0.29, 0.717) is 31.5 Å². The van der Waals surface area contributed by atoms with E-state index in [4.69, 9.17) is 0 Å². The molecule has 2 amide bonds. The number of hydrogen-bond acceptors (Lipinski definition) is 3. The van der Waals surface area contributed by atoms with Gasteiger partial charge in [0.25, 0.3) is 0 Å². The minimum Gasteiger partial charge on any atom is -0.342 e. The first kappa shape index (κ1) is 14.0. The Bertz CT molecular complexity index is 570. The van der Waals surface area contributed by atoms with Crippen LogP contribution in [0.5, 0.6) is 0 Å². The van der Waals surface area contributed by atoms with Crippen molar-refractivity contribution in [2.75, 3.05) is 6.54 Å². The molecule has 6 heteroatoms. The molecule has 1 aliphatic heterocycles. The molecule has 5 nitrogen and oxygen atoms in total. The van der Waals surface area contributed by atoms with E-state index in [1.165, 1.54) is 6.07 Å². The molecule has 112 valence electrons. The summed E-state index contributed by atoms with van der Waals surface area (Å²) in [4.78, 5) is 30.1. The summed E-state index contributed by atoms with van der Waals surface area (Å²) in [5, 5.41) is 2.91. The number of nitrogens with one attached hydrogen (secondary N) is 1. The Balaban J connectivity index is 1.83.